The van der Waals surface area contributed by atoms with E-state index in [1.54, 1.807) is 0 Å². The van der Waals surface area contributed by atoms with Crippen molar-refractivity contribution in [2.24, 2.45) is 17.2 Å². The Bertz CT molecular complexity index is 78.5. The molecule has 8 nitrogen and oxygen atoms in total. The molecule has 0 saturated carbocycles. The molecule has 3 amide bonds. The van der Waals surface area contributed by atoms with E-state index in [-0.39, 0.29) is 33.9 Å². The summed E-state index contributed by atoms with van der Waals surface area (Å²) in [6, 6.07) is -0.833. The van der Waals surface area contributed by atoms with Gasteiger partial charge in [0, 0.05) is 0 Å². The van der Waals surface area contributed by atoms with Crippen molar-refractivity contribution in [2.45, 2.75) is 22.3 Å². The van der Waals surface area contributed by atoms with Crippen LogP contribution in [0.3, 0.4) is 0 Å². The summed E-state index contributed by atoms with van der Waals surface area (Å²) in [5.74, 6) is 0. The summed E-state index contributed by atoms with van der Waals surface area (Å²) in [6.45, 7) is 0. The fourth-order valence-electron chi connectivity index (χ4n) is 0. The van der Waals surface area contributed by atoms with Crippen LogP contribution in [0.5, 0.6) is 0 Å². The van der Waals surface area contributed by atoms with E-state index < -0.39 is 12.1 Å². The number of amides is 3. The van der Waals surface area contributed by atoms with Crippen LogP contribution in [0.2, 0.25) is 0 Å². The molecule has 0 radical (unpaired) electrons. The van der Waals surface area contributed by atoms with Gasteiger partial charge in [-0.3, -0.25) is 0 Å². The van der Waals surface area contributed by atoms with Gasteiger partial charge in [-0.2, -0.15) is 0 Å². The van der Waals surface area contributed by atoms with E-state index in [0.29, 0.717) is 0 Å². The Hall–Kier alpha value is -1.54. The van der Waals surface area contributed by atoms with Crippen molar-refractivity contribution in [3.8, 4) is 0 Å². The third-order valence-electron chi connectivity index (χ3n) is 0. The zero-order chi connectivity index (χ0) is 7.15. The summed E-state index contributed by atoms with van der Waals surface area (Å²) in [5.41, 5.74) is 12.5. The summed E-state index contributed by atoms with van der Waals surface area (Å²) in [4.78, 5) is 17.8. The van der Waals surface area contributed by atoms with E-state index >= 15 is 0 Å². The average molecular weight is 204 g/mol. The summed E-state index contributed by atoms with van der Waals surface area (Å²) in [5, 5.41) is 7.19. The highest BCUT2D eigenvalue weighted by Crippen LogP contribution is 1.34. The zero-order valence-corrected chi connectivity index (χ0v) is 5.20. The second-order valence-electron chi connectivity index (χ2n) is 0.741. The molecule has 0 rings (SSSR count). The second-order valence-corrected chi connectivity index (χ2v) is 0.741. The Labute approximate surface area is 79.0 Å². The minimum atomic E-state index is -1.33. The number of primary amides is 3. The van der Waals surface area contributed by atoms with Gasteiger partial charge in [0.2, 0.25) is 0 Å². The predicted octanol–water partition coefficient (Wildman–Crippen LogP) is -0.107. The number of carboxylic acid groups (broad SMARTS) is 1. The Morgan fingerprint density at radius 1 is 0.923 bits per heavy atom. The average Bonchev–Trinajstić information content (AvgIpc) is 1.25. The lowest BCUT2D eigenvalue weighted by Gasteiger charge is -1.62. The van der Waals surface area contributed by atoms with Crippen molar-refractivity contribution in [1.29, 1.82) is 0 Å². The summed E-state index contributed by atoms with van der Waals surface area (Å²) in [6.07, 6.45) is -1.33. The fourth-order valence-corrected chi connectivity index (χ4v) is 0. The first kappa shape index (κ1) is 63.0. The number of carbonyl (C=O) groups excluding carboxylic acids is 1. The van der Waals surface area contributed by atoms with Crippen molar-refractivity contribution >= 4 is 12.1 Å². The lowest BCUT2D eigenvalue weighted by molar-refractivity contribution is 0.205. The molecule has 0 heterocycles. The predicted molar refractivity (Wildman–Crippen MR) is 54.8 cm³/mol. The summed E-state index contributed by atoms with van der Waals surface area (Å²) >= 11 is 0. The van der Waals surface area contributed by atoms with Gasteiger partial charge in [-0.1, -0.05) is 22.3 Å². The zero-order valence-electron chi connectivity index (χ0n) is 5.20. The van der Waals surface area contributed by atoms with Gasteiger partial charge in [-0.15, -0.1) is 0 Å². The molecule has 0 aliphatic rings. The van der Waals surface area contributed by atoms with Crippen molar-refractivity contribution in [3.05, 3.63) is 0 Å². The largest absolute Gasteiger partial charge is 0.465 e. The lowest BCUT2D eigenvalue weighted by Crippen LogP contribution is -2.18. The van der Waals surface area contributed by atoms with Crippen LogP contribution in [0.4, 0.5) is 9.59 Å². The summed E-state index contributed by atoms with van der Waals surface area (Å²) in [7, 11) is 0. The van der Waals surface area contributed by atoms with Crippen LogP contribution in [0.15, 0.2) is 0 Å². The van der Waals surface area contributed by atoms with Crippen LogP contribution >= 0.6 is 0 Å². The molecule has 0 aliphatic heterocycles. The standard InChI is InChI=1S/CH4N2O.CH3NO2.3CH4.H3N.H2O/c2*2-1(3)4;;;;;/h(H4,2,3,4);2H2,(H,3,4);3*1H4;1H3;1H2. The highest BCUT2D eigenvalue weighted by molar-refractivity contribution is 5.69. The van der Waals surface area contributed by atoms with E-state index in [0.717, 1.165) is 0 Å². The van der Waals surface area contributed by atoms with Crippen LogP contribution in [0, 0.1) is 0 Å². The Morgan fingerprint density at radius 2 is 0.923 bits per heavy atom. The molecule has 0 aliphatic carbocycles. The molecule has 12 N–H and O–H groups in total. The third kappa shape index (κ3) is 316. The molecule has 0 spiro atoms. The van der Waals surface area contributed by atoms with Gasteiger partial charge in [-0.05, 0) is 0 Å². The Balaban J connectivity index is -0.00000000800. The number of rotatable bonds is 0. The minimum Gasteiger partial charge on any atom is -0.465 e. The van der Waals surface area contributed by atoms with Crippen LogP contribution in [0.25, 0.3) is 0 Å². The van der Waals surface area contributed by atoms with Crippen LogP contribution in [-0.4, -0.2) is 22.7 Å². The molecule has 8 heteroatoms. The first-order valence-corrected chi connectivity index (χ1v) is 1.50. The third-order valence-corrected chi connectivity index (χ3v) is 0. The van der Waals surface area contributed by atoms with Gasteiger partial charge in [-0.25, -0.2) is 9.59 Å². The number of urea groups is 1. The molecule has 0 aromatic rings. The van der Waals surface area contributed by atoms with Gasteiger partial charge in [0.15, 0.2) is 0 Å². The quantitative estimate of drug-likeness (QED) is 0.366. The van der Waals surface area contributed by atoms with E-state index in [1.807, 2.05) is 0 Å². The number of carbonyl (C=O) groups is 2. The second kappa shape index (κ2) is 47.1. The first-order valence-electron chi connectivity index (χ1n) is 1.50. The van der Waals surface area contributed by atoms with Crippen molar-refractivity contribution in [3.63, 3.8) is 0 Å². The van der Waals surface area contributed by atoms with Crippen LogP contribution in [0.1, 0.15) is 22.3 Å². The van der Waals surface area contributed by atoms with E-state index in [9.17, 15) is 0 Å². The molecule has 0 bridgehead atoms. The van der Waals surface area contributed by atoms with Crippen molar-refractivity contribution in [2.75, 3.05) is 0 Å². The molecular formula is C5H24N4O4. The topological polar surface area (TPSA) is 199 Å². The highest BCUT2D eigenvalue weighted by atomic mass is 16.4. The molecular weight excluding hydrogens is 180 g/mol. The monoisotopic (exact) mass is 204 g/mol. The maximum atomic E-state index is 9.00. The Kier molecular flexibility index (Phi) is 228. The van der Waals surface area contributed by atoms with E-state index in [2.05, 4.69) is 17.2 Å². The molecule has 0 saturated heterocycles. The van der Waals surface area contributed by atoms with Crippen LogP contribution < -0.4 is 23.4 Å². The number of hydrogen-bond acceptors (Lipinski definition) is 3. The molecule has 13 heavy (non-hydrogen) atoms. The van der Waals surface area contributed by atoms with Gasteiger partial charge in [0.25, 0.3) is 0 Å². The Morgan fingerprint density at radius 3 is 0.923 bits per heavy atom. The van der Waals surface area contributed by atoms with Gasteiger partial charge in [0.1, 0.15) is 0 Å². The molecule has 0 unspecified atom stereocenters. The molecule has 88 valence electrons. The van der Waals surface area contributed by atoms with E-state index in [1.165, 1.54) is 0 Å². The number of nitrogens with two attached hydrogens (primary N) is 3. The van der Waals surface area contributed by atoms with Crippen molar-refractivity contribution < 1.29 is 20.2 Å². The molecule has 0 aromatic carbocycles. The fraction of sp³-hybridized carbons (Fsp3) is 0.600. The minimum absolute atomic E-state index is 0. The van der Waals surface area contributed by atoms with E-state index in [4.69, 9.17) is 14.7 Å². The van der Waals surface area contributed by atoms with Crippen LogP contribution in [-0.2, 0) is 0 Å². The summed E-state index contributed by atoms with van der Waals surface area (Å²) < 4.78 is 0. The maximum Gasteiger partial charge on any atom is 0.402 e. The SMILES string of the molecule is C.C.C.N.NC(=O)O.NC(N)=O.O. The molecule has 0 fully saturated rings. The van der Waals surface area contributed by atoms with Gasteiger partial charge >= 0.3 is 12.1 Å². The normalized spacial score (nSPS) is 3.69. The smallest absolute Gasteiger partial charge is 0.402 e. The van der Waals surface area contributed by atoms with Gasteiger partial charge < -0.3 is 33.9 Å². The highest BCUT2D eigenvalue weighted by Gasteiger charge is 1.65. The first-order chi connectivity index (χ1) is 3.46. The van der Waals surface area contributed by atoms with Gasteiger partial charge in [0.05, 0.1) is 0 Å². The van der Waals surface area contributed by atoms with Crippen molar-refractivity contribution in [1.82, 2.24) is 6.15 Å². The molecule has 0 aromatic heterocycles. The maximum absolute atomic E-state index is 9.00. The number of hydrogen-bond donors (Lipinski definition) is 5. The molecule has 0 atom stereocenters. The lowest BCUT2D eigenvalue weighted by atomic mass is 11.2.